The van der Waals surface area contributed by atoms with Crippen LogP contribution in [0.5, 0.6) is 0 Å². The molecular formula is C17H19BrN6O2. The van der Waals surface area contributed by atoms with Crippen LogP contribution in [0.3, 0.4) is 0 Å². The van der Waals surface area contributed by atoms with Gasteiger partial charge in [-0.05, 0) is 34.8 Å². The molecule has 136 valence electrons. The van der Waals surface area contributed by atoms with Crippen LogP contribution in [0.1, 0.15) is 12.8 Å². The fourth-order valence-corrected chi connectivity index (χ4v) is 4.13. The molecule has 0 aliphatic carbocycles. The number of rotatable bonds is 3. The van der Waals surface area contributed by atoms with Gasteiger partial charge in [-0.15, -0.1) is 0 Å². The van der Waals surface area contributed by atoms with Gasteiger partial charge in [0.15, 0.2) is 0 Å². The maximum Gasteiger partial charge on any atom is 0.349 e. The molecule has 2 atom stereocenters. The summed E-state index contributed by atoms with van der Waals surface area (Å²) in [4.78, 5) is 27.2. The van der Waals surface area contributed by atoms with Crippen molar-refractivity contribution >= 4 is 50.5 Å². The van der Waals surface area contributed by atoms with Gasteiger partial charge in [0.2, 0.25) is 6.17 Å². The number of carboxylic acids is 1. The first-order valence-corrected chi connectivity index (χ1v) is 9.23. The number of hydrogen-bond donors (Lipinski definition) is 3. The van der Waals surface area contributed by atoms with E-state index >= 15 is 0 Å². The summed E-state index contributed by atoms with van der Waals surface area (Å²) >= 11 is 3.62. The lowest BCUT2D eigenvalue weighted by Gasteiger charge is -2.34. The summed E-state index contributed by atoms with van der Waals surface area (Å²) < 4.78 is 0.858. The molecule has 2 aliphatic rings. The lowest BCUT2D eigenvalue weighted by atomic mass is 10.1. The van der Waals surface area contributed by atoms with Crippen LogP contribution in [0.2, 0.25) is 0 Å². The van der Waals surface area contributed by atoms with Crippen molar-refractivity contribution in [2.45, 2.75) is 25.0 Å². The van der Waals surface area contributed by atoms with Crippen molar-refractivity contribution in [2.75, 3.05) is 22.9 Å². The summed E-state index contributed by atoms with van der Waals surface area (Å²) in [5.74, 6) is -1.01. The van der Waals surface area contributed by atoms with Crippen LogP contribution >= 0.6 is 15.9 Å². The van der Waals surface area contributed by atoms with Gasteiger partial charge in [-0.25, -0.2) is 9.78 Å². The molecule has 1 saturated heterocycles. The Balaban J connectivity index is 1.87. The minimum Gasteiger partial charge on any atom is -0.478 e. The van der Waals surface area contributed by atoms with Gasteiger partial charge in [0.1, 0.15) is 5.65 Å². The predicted octanol–water partition coefficient (Wildman–Crippen LogP) is 2.07. The molecule has 2 aromatic heterocycles. The normalized spacial score (nSPS) is 23.0. The number of aliphatic carboxylic acids is 1. The van der Waals surface area contributed by atoms with Gasteiger partial charge >= 0.3 is 5.97 Å². The number of aliphatic imine (C=N–C) groups is 1. The highest BCUT2D eigenvalue weighted by Crippen LogP contribution is 2.41. The lowest BCUT2D eigenvalue weighted by molar-refractivity contribution is -0.138. The third-order valence-electron chi connectivity index (χ3n) is 4.71. The zero-order valence-electron chi connectivity index (χ0n) is 14.0. The maximum atomic E-state index is 11.6. The number of fused-ring (bicyclic) bond motifs is 1. The summed E-state index contributed by atoms with van der Waals surface area (Å²) in [7, 11) is 0. The first-order chi connectivity index (χ1) is 12.6. The molecule has 1 unspecified atom stereocenters. The van der Waals surface area contributed by atoms with Crippen LogP contribution in [0, 0.1) is 0 Å². The molecule has 0 radical (unpaired) electrons. The summed E-state index contributed by atoms with van der Waals surface area (Å²) in [6.45, 7) is 1.64. The number of H-pyrrole nitrogens is 1. The first-order valence-electron chi connectivity index (χ1n) is 8.43. The SMILES string of the molecule is NC1CCCN(c2c(Br)cnc3[nH]cc(N4C=CC=N[C@@H]4C(=O)O)c23)C1. The number of nitrogens with two attached hydrogens (primary N) is 1. The molecule has 0 bridgehead atoms. The Hall–Kier alpha value is -2.39. The second-order valence-corrected chi connectivity index (χ2v) is 7.31. The Labute approximate surface area is 158 Å². The fraction of sp³-hybridized carbons (Fsp3) is 0.353. The van der Waals surface area contributed by atoms with Crippen LogP contribution in [0.15, 0.2) is 34.1 Å². The van der Waals surface area contributed by atoms with Crippen LogP contribution < -0.4 is 15.5 Å². The van der Waals surface area contributed by atoms with E-state index in [2.05, 4.69) is 35.8 Å². The van der Waals surface area contributed by atoms with Gasteiger partial charge in [0.05, 0.1) is 21.2 Å². The molecule has 1 fully saturated rings. The van der Waals surface area contributed by atoms with Crippen molar-refractivity contribution in [3.05, 3.63) is 29.1 Å². The van der Waals surface area contributed by atoms with Gasteiger partial charge in [-0.1, -0.05) is 0 Å². The van der Waals surface area contributed by atoms with Crippen molar-refractivity contribution in [1.82, 2.24) is 9.97 Å². The molecule has 0 aromatic carbocycles. The minimum absolute atomic E-state index is 0.118. The third-order valence-corrected chi connectivity index (χ3v) is 5.29. The second-order valence-electron chi connectivity index (χ2n) is 6.46. The number of nitrogens with zero attached hydrogens (tertiary/aromatic N) is 4. The minimum atomic E-state index is -1.01. The highest BCUT2D eigenvalue weighted by Gasteiger charge is 2.30. The second kappa shape index (κ2) is 6.73. The van der Waals surface area contributed by atoms with Crippen LogP contribution in [-0.4, -0.2) is 52.6 Å². The van der Waals surface area contributed by atoms with Crippen molar-refractivity contribution in [1.29, 1.82) is 0 Å². The van der Waals surface area contributed by atoms with Gasteiger partial charge in [-0.3, -0.25) is 4.99 Å². The Bertz CT molecular complexity index is 908. The van der Waals surface area contributed by atoms with E-state index in [4.69, 9.17) is 5.73 Å². The Morgan fingerprint density at radius 3 is 3.08 bits per heavy atom. The molecule has 26 heavy (non-hydrogen) atoms. The molecule has 8 nitrogen and oxygen atoms in total. The highest BCUT2D eigenvalue weighted by molar-refractivity contribution is 9.10. The molecule has 4 heterocycles. The molecule has 4 rings (SSSR count). The standard InChI is InChI=1S/C17H19BrN6O2/c18-11-7-21-15-13(14(11)23-5-1-3-10(19)9-23)12(8-22-15)24-6-2-4-20-16(24)17(25)26/h2,4,6-8,10,16H,1,3,5,9,19H2,(H,21,22)(H,25,26)/t10?,16-/m0/s1. The van der Waals surface area contributed by atoms with E-state index in [1.807, 2.05) is 0 Å². The zero-order valence-corrected chi connectivity index (χ0v) is 15.6. The molecule has 2 aliphatic heterocycles. The maximum absolute atomic E-state index is 11.6. The summed E-state index contributed by atoms with van der Waals surface area (Å²) in [6.07, 6.45) is 9.50. The van der Waals surface area contributed by atoms with E-state index in [1.54, 1.807) is 29.6 Å². The van der Waals surface area contributed by atoms with E-state index in [-0.39, 0.29) is 6.04 Å². The Kier molecular flexibility index (Phi) is 4.41. The van der Waals surface area contributed by atoms with Crippen LogP contribution in [-0.2, 0) is 4.79 Å². The average molecular weight is 419 g/mol. The molecule has 2 aromatic rings. The fourth-order valence-electron chi connectivity index (χ4n) is 3.58. The number of halogens is 1. The van der Waals surface area contributed by atoms with Crippen molar-refractivity contribution < 1.29 is 9.90 Å². The summed E-state index contributed by atoms with van der Waals surface area (Å²) in [5.41, 5.74) is 8.58. The van der Waals surface area contributed by atoms with Gasteiger partial charge in [0.25, 0.3) is 0 Å². The number of nitrogens with one attached hydrogen (secondary N) is 1. The van der Waals surface area contributed by atoms with Crippen LogP contribution in [0.4, 0.5) is 11.4 Å². The predicted molar refractivity (Wildman–Crippen MR) is 105 cm³/mol. The number of aromatic nitrogens is 2. The number of carboxylic acid groups (broad SMARTS) is 1. The van der Waals surface area contributed by atoms with E-state index in [0.717, 1.165) is 47.2 Å². The molecule has 0 amide bonds. The van der Waals surface area contributed by atoms with Crippen LogP contribution in [0.25, 0.3) is 11.0 Å². The monoisotopic (exact) mass is 418 g/mol. The third kappa shape index (κ3) is 2.86. The van der Waals surface area contributed by atoms with Gasteiger partial charge < -0.3 is 25.6 Å². The van der Waals surface area contributed by atoms with E-state index in [0.29, 0.717) is 5.65 Å². The number of carbonyl (C=O) groups is 1. The first kappa shape index (κ1) is 17.0. The van der Waals surface area contributed by atoms with E-state index in [9.17, 15) is 9.90 Å². The number of anilines is 2. The smallest absolute Gasteiger partial charge is 0.349 e. The highest BCUT2D eigenvalue weighted by atomic mass is 79.9. The number of hydrogen-bond acceptors (Lipinski definition) is 6. The molecule has 0 saturated carbocycles. The van der Waals surface area contributed by atoms with Crippen molar-refractivity contribution in [2.24, 2.45) is 10.7 Å². The van der Waals surface area contributed by atoms with Gasteiger partial charge in [-0.2, -0.15) is 0 Å². The summed E-state index contributed by atoms with van der Waals surface area (Å²) in [6, 6.07) is 0.118. The largest absolute Gasteiger partial charge is 0.478 e. The number of pyridine rings is 1. The Morgan fingerprint density at radius 2 is 2.31 bits per heavy atom. The number of allylic oxidation sites excluding steroid dienone is 1. The molecular weight excluding hydrogens is 400 g/mol. The summed E-state index contributed by atoms with van der Waals surface area (Å²) in [5, 5.41) is 10.4. The molecule has 4 N–H and O–H groups in total. The van der Waals surface area contributed by atoms with E-state index in [1.165, 1.54) is 6.21 Å². The Morgan fingerprint density at radius 1 is 1.46 bits per heavy atom. The zero-order chi connectivity index (χ0) is 18.3. The molecule has 9 heteroatoms. The topological polar surface area (TPSA) is 111 Å². The average Bonchev–Trinajstić information content (AvgIpc) is 3.05. The molecule has 0 spiro atoms. The lowest BCUT2D eigenvalue weighted by Crippen LogP contribution is -2.43. The van der Waals surface area contributed by atoms with Crippen molar-refractivity contribution in [3.63, 3.8) is 0 Å². The van der Waals surface area contributed by atoms with E-state index < -0.39 is 12.1 Å². The van der Waals surface area contributed by atoms with Crippen molar-refractivity contribution in [3.8, 4) is 0 Å². The number of piperidine rings is 1. The quantitative estimate of drug-likeness (QED) is 0.703. The number of aromatic amines is 1. The van der Waals surface area contributed by atoms with Gasteiger partial charge in [0, 0.05) is 43.9 Å².